The van der Waals surface area contributed by atoms with Crippen molar-refractivity contribution in [2.45, 2.75) is 75.9 Å². The number of fused-ring (bicyclic) bond motifs is 1. The Morgan fingerprint density at radius 1 is 0.958 bits per heavy atom. The Kier molecular flexibility index (Phi) is 4.30. The van der Waals surface area contributed by atoms with Gasteiger partial charge in [-0.3, -0.25) is 9.59 Å². The monoisotopic (exact) mass is 326 g/mol. The fraction of sp³-hybridized carbons (Fsp3) is 0.600. The molecule has 3 aliphatic rings. The van der Waals surface area contributed by atoms with E-state index in [0.717, 1.165) is 44.1 Å². The van der Waals surface area contributed by atoms with Crippen molar-refractivity contribution in [3.05, 3.63) is 35.4 Å². The van der Waals surface area contributed by atoms with Gasteiger partial charge in [-0.15, -0.1) is 0 Å². The molecule has 4 nitrogen and oxygen atoms in total. The van der Waals surface area contributed by atoms with Crippen molar-refractivity contribution >= 4 is 11.8 Å². The Labute approximate surface area is 143 Å². The van der Waals surface area contributed by atoms with Gasteiger partial charge < -0.3 is 10.2 Å². The van der Waals surface area contributed by atoms with Crippen LogP contribution in [0, 0.1) is 0 Å². The first-order valence-electron chi connectivity index (χ1n) is 9.47. The zero-order valence-corrected chi connectivity index (χ0v) is 14.2. The smallest absolute Gasteiger partial charge is 0.255 e. The molecule has 0 spiro atoms. The second-order valence-electron chi connectivity index (χ2n) is 7.48. The van der Waals surface area contributed by atoms with Crippen LogP contribution in [0.5, 0.6) is 0 Å². The number of carbonyl (C=O) groups excluding carboxylic acids is 2. The number of carbonyl (C=O) groups is 2. The third kappa shape index (κ3) is 2.72. The van der Waals surface area contributed by atoms with Crippen molar-refractivity contribution in [2.24, 2.45) is 0 Å². The number of hydrogen-bond donors (Lipinski definition) is 1. The van der Waals surface area contributed by atoms with E-state index in [1.54, 1.807) is 0 Å². The first-order chi connectivity index (χ1) is 11.8. The molecule has 128 valence electrons. The van der Waals surface area contributed by atoms with Crippen LogP contribution in [0.3, 0.4) is 0 Å². The molecule has 1 N–H and O–H groups in total. The fourth-order valence-electron chi connectivity index (χ4n) is 4.69. The van der Waals surface area contributed by atoms with E-state index >= 15 is 0 Å². The molecule has 1 atom stereocenters. The summed E-state index contributed by atoms with van der Waals surface area (Å²) in [5.74, 6) is 0.0633. The van der Waals surface area contributed by atoms with Crippen molar-refractivity contribution in [2.75, 3.05) is 0 Å². The molecule has 4 heteroatoms. The van der Waals surface area contributed by atoms with Gasteiger partial charge in [-0.25, -0.2) is 0 Å². The van der Waals surface area contributed by atoms with Gasteiger partial charge in [-0.1, -0.05) is 50.3 Å². The highest BCUT2D eigenvalue weighted by atomic mass is 16.2. The molecule has 0 bridgehead atoms. The summed E-state index contributed by atoms with van der Waals surface area (Å²) in [6.07, 6.45) is 10.1. The maximum Gasteiger partial charge on any atom is 0.255 e. The molecular formula is C20H26N2O2. The van der Waals surface area contributed by atoms with Crippen LogP contribution in [0.25, 0.3) is 0 Å². The zero-order valence-electron chi connectivity index (χ0n) is 14.2. The van der Waals surface area contributed by atoms with Gasteiger partial charge in [0.05, 0.1) is 0 Å². The number of benzene rings is 1. The van der Waals surface area contributed by atoms with Crippen molar-refractivity contribution in [1.82, 2.24) is 10.2 Å². The SMILES string of the molecule is O=C(NC1CCCCC1)[C@@H]1c2ccccc2C(=O)N1C1CCCC1. The van der Waals surface area contributed by atoms with E-state index in [9.17, 15) is 9.59 Å². The standard InChI is InChI=1S/C20H26N2O2/c23-19(21-14-8-2-1-3-9-14)18-16-12-6-7-13-17(16)20(24)22(18)15-10-4-5-11-15/h6-7,12-15,18H,1-5,8-11H2,(H,21,23)/t18-/m0/s1. The highest BCUT2D eigenvalue weighted by Gasteiger charge is 2.45. The van der Waals surface area contributed by atoms with Crippen LogP contribution in [0.1, 0.15) is 79.8 Å². The van der Waals surface area contributed by atoms with E-state index in [1.165, 1.54) is 19.3 Å². The predicted octanol–water partition coefficient (Wildman–Crippen LogP) is 3.58. The highest BCUT2D eigenvalue weighted by Crippen LogP contribution is 2.39. The first-order valence-corrected chi connectivity index (χ1v) is 9.47. The minimum atomic E-state index is -0.432. The van der Waals surface area contributed by atoms with E-state index in [-0.39, 0.29) is 23.9 Å². The average Bonchev–Trinajstić information content (AvgIpc) is 3.22. The van der Waals surface area contributed by atoms with E-state index in [0.29, 0.717) is 5.56 Å². The van der Waals surface area contributed by atoms with Crippen LogP contribution in [-0.2, 0) is 4.79 Å². The van der Waals surface area contributed by atoms with Gasteiger partial charge in [-0.2, -0.15) is 0 Å². The maximum atomic E-state index is 13.1. The van der Waals surface area contributed by atoms with Crippen LogP contribution in [-0.4, -0.2) is 28.8 Å². The molecule has 1 aromatic rings. The van der Waals surface area contributed by atoms with Crippen molar-refractivity contribution in [3.63, 3.8) is 0 Å². The maximum absolute atomic E-state index is 13.1. The summed E-state index contributed by atoms with van der Waals surface area (Å²) in [7, 11) is 0. The molecule has 2 amide bonds. The van der Waals surface area contributed by atoms with Crippen LogP contribution in [0.4, 0.5) is 0 Å². The summed E-state index contributed by atoms with van der Waals surface area (Å²) in [5, 5.41) is 3.24. The molecule has 1 aromatic carbocycles. The van der Waals surface area contributed by atoms with Crippen molar-refractivity contribution in [3.8, 4) is 0 Å². The Balaban J connectivity index is 1.61. The molecule has 24 heavy (non-hydrogen) atoms. The van der Waals surface area contributed by atoms with Crippen LogP contribution < -0.4 is 5.32 Å². The molecule has 0 radical (unpaired) electrons. The number of rotatable bonds is 3. The molecule has 0 saturated heterocycles. The van der Waals surface area contributed by atoms with Crippen molar-refractivity contribution < 1.29 is 9.59 Å². The first kappa shape index (κ1) is 15.7. The van der Waals surface area contributed by atoms with Crippen LogP contribution >= 0.6 is 0 Å². The molecule has 1 aliphatic heterocycles. The lowest BCUT2D eigenvalue weighted by Gasteiger charge is -2.32. The van der Waals surface area contributed by atoms with Gasteiger partial charge in [0.1, 0.15) is 6.04 Å². The third-order valence-corrected chi connectivity index (χ3v) is 5.92. The van der Waals surface area contributed by atoms with Crippen molar-refractivity contribution in [1.29, 1.82) is 0 Å². The predicted molar refractivity (Wildman–Crippen MR) is 92.6 cm³/mol. The van der Waals surface area contributed by atoms with E-state index < -0.39 is 6.04 Å². The summed E-state index contributed by atoms with van der Waals surface area (Å²) in [6.45, 7) is 0. The van der Waals surface area contributed by atoms with Crippen LogP contribution in [0.2, 0.25) is 0 Å². The third-order valence-electron chi connectivity index (χ3n) is 5.92. The van der Waals surface area contributed by atoms with Gasteiger partial charge in [0.15, 0.2) is 0 Å². The lowest BCUT2D eigenvalue weighted by molar-refractivity contribution is -0.127. The number of amides is 2. The minimum absolute atomic E-state index is 0.0205. The summed E-state index contributed by atoms with van der Waals surface area (Å²) < 4.78 is 0. The largest absolute Gasteiger partial charge is 0.351 e. The molecule has 2 aliphatic carbocycles. The molecule has 1 heterocycles. The van der Waals surface area contributed by atoms with E-state index in [2.05, 4.69) is 5.32 Å². The van der Waals surface area contributed by atoms with Gasteiger partial charge in [0, 0.05) is 17.6 Å². The molecule has 0 unspecified atom stereocenters. The molecule has 4 rings (SSSR count). The van der Waals surface area contributed by atoms with Gasteiger partial charge in [0.25, 0.3) is 5.91 Å². The van der Waals surface area contributed by atoms with E-state index in [4.69, 9.17) is 0 Å². The summed E-state index contributed by atoms with van der Waals surface area (Å²) in [5.41, 5.74) is 1.61. The number of nitrogens with one attached hydrogen (secondary N) is 1. The van der Waals surface area contributed by atoms with Gasteiger partial charge in [-0.05, 0) is 37.3 Å². The molecule has 2 saturated carbocycles. The molecular weight excluding hydrogens is 300 g/mol. The Hall–Kier alpha value is -1.84. The Morgan fingerprint density at radius 2 is 1.62 bits per heavy atom. The second-order valence-corrected chi connectivity index (χ2v) is 7.48. The molecule has 0 aromatic heterocycles. The number of hydrogen-bond acceptors (Lipinski definition) is 2. The van der Waals surface area contributed by atoms with Crippen LogP contribution in [0.15, 0.2) is 24.3 Å². The lowest BCUT2D eigenvalue weighted by Crippen LogP contribution is -2.46. The van der Waals surface area contributed by atoms with Gasteiger partial charge >= 0.3 is 0 Å². The van der Waals surface area contributed by atoms with Gasteiger partial charge in [0.2, 0.25) is 5.91 Å². The average molecular weight is 326 g/mol. The Morgan fingerprint density at radius 3 is 2.38 bits per heavy atom. The molecule has 2 fully saturated rings. The zero-order chi connectivity index (χ0) is 16.5. The highest BCUT2D eigenvalue weighted by molar-refractivity contribution is 6.05. The summed E-state index contributed by atoms with van der Waals surface area (Å²) in [6, 6.07) is 7.71. The summed E-state index contributed by atoms with van der Waals surface area (Å²) in [4.78, 5) is 27.9. The minimum Gasteiger partial charge on any atom is -0.351 e. The quantitative estimate of drug-likeness (QED) is 0.923. The fourth-order valence-corrected chi connectivity index (χ4v) is 4.69. The Bertz CT molecular complexity index is 630. The lowest BCUT2D eigenvalue weighted by atomic mass is 9.94. The second kappa shape index (κ2) is 6.58. The topological polar surface area (TPSA) is 49.4 Å². The van der Waals surface area contributed by atoms with E-state index in [1.807, 2.05) is 29.2 Å². The normalized spacial score (nSPS) is 25.1. The summed E-state index contributed by atoms with van der Waals surface area (Å²) >= 11 is 0. The number of nitrogens with zero attached hydrogens (tertiary/aromatic N) is 1.